The van der Waals surface area contributed by atoms with E-state index in [1.807, 2.05) is 0 Å². The molecule has 4 nitrogen and oxygen atoms in total. The summed E-state index contributed by atoms with van der Waals surface area (Å²) in [5, 5.41) is 0. The van der Waals surface area contributed by atoms with Crippen LogP contribution in [0.25, 0.3) is 0 Å². The smallest absolute Gasteiger partial charge is 0.240 e. The molecule has 1 aliphatic carbocycles. The van der Waals surface area contributed by atoms with E-state index < -0.39 is 15.8 Å². The van der Waals surface area contributed by atoms with Crippen molar-refractivity contribution in [3.8, 4) is 0 Å². The summed E-state index contributed by atoms with van der Waals surface area (Å²) < 4.78 is 39.6. The molecule has 0 aliphatic heterocycles. The largest absolute Gasteiger partial charge is 0.396 e. The van der Waals surface area contributed by atoms with Crippen molar-refractivity contribution in [1.82, 2.24) is 4.72 Å². The first-order valence-corrected chi connectivity index (χ1v) is 7.52. The van der Waals surface area contributed by atoms with Crippen LogP contribution < -0.4 is 10.5 Å². The summed E-state index contributed by atoms with van der Waals surface area (Å²) in [6.45, 7) is 0.425. The molecule has 0 aromatic heterocycles. The lowest BCUT2D eigenvalue weighted by Crippen LogP contribution is -2.28. The number of nitrogens with one attached hydrogen (secondary N) is 1. The fraction of sp³-hybridized carbons (Fsp3) is 0.500. The van der Waals surface area contributed by atoms with Gasteiger partial charge in [0.05, 0.1) is 10.6 Å². The molecule has 0 radical (unpaired) electrons. The second-order valence-corrected chi connectivity index (χ2v) is 6.45. The molecule has 1 aromatic rings. The molecule has 18 heavy (non-hydrogen) atoms. The predicted molar refractivity (Wildman–Crippen MR) is 68.0 cm³/mol. The maximum Gasteiger partial charge on any atom is 0.240 e. The number of rotatable bonds is 4. The molecule has 1 aliphatic rings. The number of sulfonamides is 1. The van der Waals surface area contributed by atoms with Crippen LogP contribution >= 0.6 is 0 Å². The zero-order valence-corrected chi connectivity index (χ0v) is 10.8. The molecular formula is C12H17FN2O2S. The van der Waals surface area contributed by atoms with Crippen molar-refractivity contribution in [1.29, 1.82) is 0 Å². The molecule has 1 saturated carbocycles. The van der Waals surface area contributed by atoms with Gasteiger partial charge in [0.15, 0.2) is 0 Å². The van der Waals surface area contributed by atoms with E-state index in [-0.39, 0.29) is 10.6 Å². The van der Waals surface area contributed by atoms with Crippen molar-refractivity contribution in [3.05, 3.63) is 24.0 Å². The minimum absolute atomic E-state index is 0.0512. The highest BCUT2D eigenvalue weighted by atomic mass is 32.2. The van der Waals surface area contributed by atoms with Gasteiger partial charge < -0.3 is 5.73 Å². The van der Waals surface area contributed by atoms with Crippen LogP contribution in [0.2, 0.25) is 0 Å². The third kappa shape index (κ3) is 3.00. The molecule has 0 unspecified atom stereocenters. The minimum Gasteiger partial charge on any atom is -0.396 e. The molecule has 1 aromatic carbocycles. The highest BCUT2D eigenvalue weighted by molar-refractivity contribution is 7.89. The second kappa shape index (κ2) is 5.24. The maximum atomic E-state index is 13.2. The lowest BCUT2D eigenvalue weighted by Gasteiger charge is -2.11. The van der Waals surface area contributed by atoms with Crippen LogP contribution in [-0.2, 0) is 10.0 Å². The highest BCUT2D eigenvalue weighted by Gasteiger charge is 2.20. The number of anilines is 1. The maximum absolute atomic E-state index is 13.2. The van der Waals surface area contributed by atoms with Crippen molar-refractivity contribution >= 4 is 15.7 Å². The lowest BCUT2D eigenvalue weighted by atomic mass is 10.1. The Bertz CT molecular complexity index is 525. The van der Waals surface area contributed by atoms with Gasteiger partial charge in [-0.2, -0.15) is 0 Å². The normalized spacial score (nSPS) is 17.2. The van der Waals surface area contributed by atoms with Gasteiger partial charge in [0.2, 0.25) is 10.0 Å². The quantitative estimate of drug-likeness (QED) is 0.822. The molecular weight excluding hydrogens is 255 g/mol. The van der Waals surface area contributed by atoms with Crippen LogP contribution in [0.5, 0.6) is 0 Å². The van der Waals surface area contributed by atoms with Crippen LogP contribution in [-0.4, -0.2) is 15.0 Å². The second-order valence-electron chi connectivity index (χ2n) is 4.69. The molecule has 3 N–H and O–H groups in total. The Morgan fingerprint density at radius 2 is 2.00 bits per heavy atom. The summed E-state index contributed by atoms with van der Waals surface area (Å²) in [5.74, 6) is -0.308. The van der Waals surface area contributed by atoms with Gasteiger partial charge >= 0.3 is 0 Å². The molecule has 1 fully saturated rings. The van der Waals surface area contributed by atoms with Gasteiger partial charge in [0.25, 0.3) is 0 Å². The third-order valence-electron chi connectivity index (χ3n) is 3.32. The summed E-state index contributed by atoms with van der Waals surface area (Å²) in [5.41, 5.74) is 5.26. The number of hydrogen-bond donors (Lipinski definition) is 2. The fourth-order valence-electron chi connectivity index (χ4n) is 2.20. The van der Waals surface area contributed by atoms with Crippen LogP contribution in [0.1, 0.15) is 25.7 Å². The summed E-state index contributed by atoms with van der Waals surface area (Å²) in [6, 6.07) is 3.53. The van der Waals surface area contributed by atoms with Gasteiger partial charge in [-0.25, -0.2) is 17.5 Å². The molecule has 2 rings (SSSR count). The standard InChI is InChI=1S/C12H17FN2O2S/c13-11-7-10(5-6-12(11)14)18(16,17)15-8-9-3-1-2-4-9/h5-7,9,15H,1-4,8,14H2. The van der Waals surface area contributed by atoms with Crippen LogP contribution in [0, 0.1) is 11.7 Å². The fourth-order valence-corrected chi connectivity index (χ4v) is 3.33. The van der Waals surface area contributed by atoms with E-state index in [4.69, 9.17) is 5.73 Å². The Morgan fingerprint density at radius 1 is 1.33 bits per heavy atom. The van der Waals surface area contributed by atoms with Gasteiger partial charge in [-0.15, -0.1) is 0 Å². The Morgan fingerprint density at radius 3 is 2.61 bits per heavy atom. The van der Waals surface area contributed by atoms with Gasteiger partial charge in [-0.3, -0.25) is 0 Å². The summed E-state index contributed by atoms with van der Waals surface area (Å²) >= 11 is 0. The van der Waals surface area contributed by atoms with Crippen molar-refractivity contribution in [2.45, 2.75) is 30.6 Å². The predicted octanol–water partition coefficient (Wildman–Crippen LogP) is 1.88. The monoisotopic (exact) mass is 272 g/mol. The summed E-state index contributed by atoms with van der Waals surface area (Å²) in [7, 11) is -3.63. The average Bonchev–Trinajstić information content (AvgIpc) is 2.83. The Labute approximate surface area is 106 Å². The first kappa shape index (κ1) is 13.3. The Kier molecular flexibility index (Phi) is 3.87. The van der Waals surface area contributed by atoms with E-state index in [1.165, 1.54) is 12.1 Å². The molecule has 0 heterocycles. The third-order valence-corrected chi connectivity index (χ3v) is 4.74. The Hall–Kier alpha value is -1.14. The number of hydrogen-bond acceptors (Lipinski definition) is 3. The van der Waals surface area contributed by atoms with Crippen molar-refractivity contribution in [2.75, 3.05) is 12.3 Å². The number of halogens is 1. The van der Waals surface area contributed by atoms with Gasteiger partial charge in [0.1, 0.15) is 5.82 Å². The first-order chi connectivity index (χ1) is 8.49. The average molecular weight is 272 g/mol. The van der Waals surface area contributed by atoms with E-state index in [2.05, 4.69) is 4.72 Å². The molecule has 0 bridgehead atoms. The lowest BCUT2D eigenvalue weighted by molar-refractivity contribution is 0.519. The summed E-state index contributed by atoms with van der Waals surface area (Å²) in [4.78, 5) is -0.0767. The highest BCUT2D eigenvalue weighted by Crippen LogP contribution is 2.24. The SMILES string of the molecule is Nc1ccc(S(=O)(=O)NCC2CCCC2)cc1F. The topological polar surface area (TPSA) is 72.2 Å². The van der Waals surface area contributed by atoms with Gasteiger partial charge in [-0.1, -0.05) is 12.8 Å². The Balaban J connectivity index is 2.07. The molecule has 100 valence electrons. The first-order valence-electron chi connectivity index (χ1n) is 6.04. The van der Waals surface area contributed by atoms with Gasteiger partial charge in [-0.05, 0) is 37.0 Å². The molecule has 6 heteroatoms. The van der Waals surface area contributed by atoms with Crippen molar-refractivity contribution < 1.29 is 12.8 Å². The molecule has 0 amide bonds. The van der Waals surface area contributed by atoms with Crippen molar-refractivity contribution in [3.63, 3.8) is 0 Å². The van der Waals surface area contributed by atoms with E-state index in [1.54, 1.807) is 0 Å². The zero-order valence-electron chi connectivity index (χ0n) is 10.0. The van der Waals surface area contributed by atoms with Crippen LogP contribution in [0.15, 0.2) is 23.1 Å². The molecule has 0 saturated heterocycles. The van der Waals surface area contributed by atoms with E-state index in [0.29, 0.717) is 12.5 Å². The zero-order chi connectivity index (χ0) is 13.2. The van der Waals surface area contributed by atoms with E-state index >= 15 is 0 Å². The van der Waals surface area contributed by atoms with E-state index in [9.17, 15) is 12.8 Å². The number of benzene rings is 1. The van der Waals surface area contributed by atoms with Crippen LogP contribution in [0.3, 0.4) is 0 Å². The molecule has 0 spiro atoms. The van der Waals surface area contributed by atoms with Gasteiger partial charge in [0, 0.05) is 6.54 Å². The number of nitrogen functional groups attached to an aromatic ring is 1. The van der Waals surface area contributed by atoms with Crippen LogP contribution in [0.4, 0.5) is 10.1 Å². The number of nitrogens with two attached hydrogens (primary N) is 1. The van der Waals surface area contributed by atoms with Crippen molar-refractivity contribution in [2.24, 2.45) is 5.92 Å². The summed E-state index contributed by atoms with van der Waals surface area (Å²) in [6.07, 6.45) is 4.42. The van der Waals surface area contributed by atoms with E-state index in [0.717, 1.165) is 31.7 Å². The minimum atomic E-state index is -3.63. The molecule has 0 atom stereocenters.